The summed E-state index contributed by atoms with van der Waals surface area (Å²) in [5.41, 5.74) is 0.619. The van der Waals surface area contributed by atoms with E-state index in [0.717, 1.165) is 25.9 Å². The number of carbonyl (C=O) groups is 1. The number of nitrogens with zero attached hydrogens (tertiary/aromatic N) is 1. The summed E-state index contributed by atoms with van der Waals surface area (Å²) in [5.74, 6) is 0.478. The van der Waals surface area contributed by atoms with Gasteiger partial charge < -0.3 is 14.8 Å². The first-order chi connectivity index (χ1) is 10.8. The van der Waals surface area contributed by atoms with E-state index in [2.05, 4.69) is 10.3 Å². The minimum Gasteiger partial charge on any atom is -0.472 e. The summed E-state index contributed by atoms with van der Waals surface area (Å²) < 4.78 is 11.0. The Morgan fingerprint density at radius 1 is 1.23 bits per heavy atom. The van der Waals surface area contributed by atoms with Crippen LogP contribution < -0.4 is 10.1 Å². The van der Waals surface area contributed by atoms with E-state index in [1.165, 1.54) is 25.7 Å². The lowest BCUT2D eigenvalue weighted by atomic mass is 10.1. The van der Waals surface area contributed by atoms with Gasteiger partial charge >= 0.3 is 0 Å². The number of pyridine rings is 1. The molecule has 1 unspecified atom stereocenters. The van der Waals surface area contributed by atoms with Crippen molar-refractivity contribution >= 4 is 5.91 Å². The van der Waals surface area contributed by atoms with Gasteiger partial charge in [0.15, 0.2) is 0 Å². The number of amides is 1. The van der Waals surface area contributed by atoms with Crippen LogP contribution in [0, 0.1) is 0 Å². The molecule has 1 saturated heterocycles. The zero-order valence-electron chi connectivity index (χ0n) is 12.9. The van der Waals surface area contributed by atoms with Crippen molar-refractivity contribution in [2.45, 2.75) is 57.1 Å². The number of hydrogen-bond acceptors (Lipinski definition) is 4. The van der Waals surface area contributed by atoms with Crippen molar-refractivity contribution in [3.05, 3.63) is 23.9 Å². The number of carbonyl (C=O) groups excluding carboxylic acids is 1. The van der Waals surface area contributed by atoms with E-state index in [-0.39, 0.29) is 12.0 Å². The molecule has 1 aliphatic heterocycles. The SMILES string of the molecule is O=C(NC1CCCCCC1)c1ccnc(OC2CCOC2)c1. The second kappa shape index (κ2) is 7.58. The van der Waals surface area contributed by atoms with Gasteiger partial charge in [-0.1, -0.05) is 25.7 Å². The van der Waals surface area contributed by atoms with E-state index >= 15 is 0 Å². The van der Waals surface area contributed by atoms with Crippen LogP contribution in [0.1, 0.15) is 55.3 Å². The van der Waals surface area contributed by atoms with Crippen molar-refractivity contribution in [3.8, 4) is 5.88 Å². The number of ether oxygens (including phenoxy) is 2. The highest BCUT2D eigenvalue weighted by Gasteiger charge is 2.19. The first-order valence-corrected chi connectivity index (χ1v) is 8.32. The molecule has 1 amide bonds. The fourth-order valence-electron chi connectivity index (χ4n) is 3.08. The molecule has 1 saturated carbocycles. The van der Waals surface area contributed by atoms with E-state index in [1.807, 2.05) is 0 Å². The minimum absolute atomic E-state index is 0.0261. The van der Waals surface area contributed by atoms with Gasteiger partial charge in [-0.05, 0) is 18.9 Å². The third kappa shape index (κ3) is 4.19. The fourth-order valence-corrected chi connectivity index (χ4v) is 3.08. The molecule has 1 aromatic heterocycles. The fraction of sp³-hybridized carbons (Fsp3) is 0.647. The quantitative estimate of drug-likeness (QED) is 0.869. The third-order valence-corrected chi connectivity index (χ3v) is 4.36. The van der Waals surface area contributed by atoms with Crippen LogP contribution in [-0.4, -0.2) is 36.3 Å². The molecule has 1 aliphatic carbocycles. The van der Waals surface area contributed by atoms with Crippen LogP contribution >= 0.6 is 0 Å². The highest BCUT2D eigenvalue weighted by atomic mass is 16.5. The average molecular weight is 304 g/mol. The van der Waals surface area contributed by atoms with E-state index in [4.69, 9.17) is 9.47 Å². The van der Waals surface area contributed by atoms with Gasteiger partial charge in [-0.3, -0.25) is 4.79 Å². The molecule has 1 aromatic rings. The van der Waals surface area contributed by atoms with Gasteiger partial charge in [-0.15, -0.1) is 0 Å². The van der Waals surface area contributed by atoms with Crippen molar-refractivity contribution in [3.63, 3.8) is 0 Å². The van der Waals surface area contributed by atoms with Crippen LogP contribution in [0.2, 0.25) is 0 Å². The largest absolute Gasteiger partial charge is 0.472 e. The Morgan fingerprint density at radius 2 is 2.05 bits per heavy atom. The molecule has 22 heavy (non-hydrogen) atoms. The maximum atomic E-state index is 12.4. The molecule has 5 heteroatoms. The zero-order valence-corrected chi connectivity index (χ0v) is 12.9. The zero-order chi connectivity index (χ0) is 15.2. The maximum Gasteiger partial charge on any atom is 0.251 e. The second-order valence-corrected chi connectivity index (χ2v) is 6.15. The molecule has 2 fully saturated rings. The van der Waals surface area contributed by atoms with E-state index in [0.29, 0.717) is 24.1 Å². The Morgan fingerprint density at radius 3 is 2.77 bits per heavy atom. The lowest BCUT2D eigenvalue weighted by Crippen LogP contribution is -2.34. The molecule has 0 radical (unpaired) electrons. The summed E-state index contributed by atoms with van der Waals surface area (Å²) >= 11 is 0. The summed E-state index contributed by atoms with van der Waals surface area (Å²) in [7, 11) is 0. The van der Waals surface area contributed by atoms with Gasteiger partial charge in [0.2, 0.25) is 5.88 Å². The second-order valence-electron chi connectivity index (χ2n) is 6.15. The van der Waals surface area contributed by atoms with Crippen molar-refractivity contribution in [2.75, 3.05) is 13.2 Å². The molecule has 2 aliphatic rings. The Hall–Kier alpha value is -1.62. The average Bonchev–Trinajstić information content (AvgIpc) is 2.90. The molecule has 0 spiro atoms. The molecule has 1 N–H and O–H groups in total. The van der Waals surface area contributed by atoms with Crippen LogP contribution in [0.3, 0.4) is 0 Å². The summed E-state index contributed by atoms with van der Waals surface area (Å²) in [6.45, 7) is 1.33. The Balaban J connectivity index is 1.59. The molecule has 1 atom stereocenters. The highest BCUT2D eigenvalue weighted by Crippen LogP contribution is 2.19. The van der Waals surface area contributed by atoms with Gasteiger partial charge in [-0.25, -0.2) is 4.98 Å². The molecule has 0 aromatic carbocycles. The number of aromatic nitrogens is 1. The Kier molecular flexibility index (Phi) is 5.27. The van der Waals surface area contributed by atoms with E-state index < -0.39 is 0 Å². The van der Waals surface area contributed by atoms with Gasteiger partial charge in [0.05, 0.1) is 13.2 Å². The molecule has 0 bridgehead atoms. The standard InChI is InChI=1S/C17H24N2O3/c20-17(19-14-5-3-1-2-4-6-14)13-7-9-18-16(11-13)22-15-8-10-21-12-15/h7,9,11,14-15H,1-6,8,10,12H2,(H,19,20). The van der Waals surface area contributed by atoms with E-state index in [1.54, 1.807) is 18.3 Å². The highest BCUT2D eigenvalue weighted by molar-refractivity contribution is 5.94. The van der Waals surface area contributed by atoms with Crippen molar-refractivity contribution in [2.24, 2.45) is 0 Å². The van der Waals surface area contributed by atoms with Gasteiger partial charge in [-0.2, -0.15) is 0 Å². The lowest BCUT2D eigenvalue weighted by molar-refractivity contribution is 0.0932. The predicted octanol–water partition coefficient (Wildman–Crippen LogP) is 2.70. The normalized spacial score (nSPS) is 23.0. The van der Waals surface area contributed by atoms with Crippen molar-refractivity contribution in [1.82, 2.24) is 10.3 Å². The topological polar surface area (TPSA) is 60.5 Å². The first-order valence-electron chi connectivity index (χ1n) is 8.32. The first kappa shape index (κ1) is 15.3. The van der Waals surface area contributed by atoms with Crippen LogP contribution in [0.5, 0.6) is 5.88 Å². The Labute approximate surface area is 131 Å². The van der Waals surface area contributed by atoms with E-state index in [9.17, 15) is 4.79 Å². The summed E-state index contributed by atoms with van der Waals surface area (Å²) in [5, 5.41) is 3.15. The van der Waals surface area contributed by atoms with Gasteiger partial charge in [0.1, 0.15) is 6.10 Å². The summed E-state index contributed by atoms with van der Waals surface area (Å²) in [6, 6.07) is 3.77. The number of nitrogens with one attached hydrogen (secondary N) is 1. The molecular weight excluding hydrogens is 280 g/mol. The summed E-state index contributed by atoms with van der Waals surface area (Å²) in [6.07, 6.45) is 9.69. The molecule has 3 rings (SSSR count). The number of rotatable bonds is 4. The minimum atomic E-state index is -0.0261. The smallest absolute Gasteiger partial charge is 0.251 e. The van der Waals surface area contributed by atoms with Gasteiger partial charge in [0, 0.05) is 30.3 Å². The number of hydrogen-bond donors (Lipinski definition) is 1. The van der Waals surface area contributed by atoms with Crippen LogP contribution in [-0.2, 0) is 4.74 Å². The van der Waals surface area contributed by atoms with Crippen LogP contribution in [0.4, 0.5) is 0 Å². The Bertz CT molecular complexity index is 492. The molecular formula is C17H24N2O3. The monoisotopic (exact) mass is 304 g/mol. The molecule has 2 heterocycles. The molecule has 5 nitrogen and oxygen atoms in total. The third-order valence-electron chi connectivity index (χ3n) is 4.36. The van der Waals surface area contributed by atoms with Crippen molar-refractivity contribution in [1.29, 1.82) is 0 Å². The van der Waals surface area contributed by atoms with Crippen LogP contribution in [0.15, 0.2) is 18.3 Å². The lowest BCUT2D eigenvalue weighted by Gasteiger charge is -2.16. The van der Waals surface area contributed by atoms with Gasteiger partial charge in [0.25, 0.3) is 5.91 Å². The summed E-state index contributed by atoms with van der Waals surface area (Å²) in [4.78, 5) is 16.6. The van der Waals surface area contributed by atoms with Crippen LogP contribution in [0.25, 0.3) is 0 Å². The molecule has 120 valence electrons. The predicted molar refractivity (Wildman–Crippen MR) is 83.0 cm³/mol. The van der Waals surface area contributed by atoms with Crippen molar-refractivity contribution < 1.29 is 14.3 Å². The maximum absolute atomic E-state index is 12.4.